The number of benzene rings is 2. The monoisotopic (exact) mass is 538 g/mol. The Balaban J connectivity index is 1.37. The van der Waals surface area contributed by atoms with E-state index in [0.717, 1.165) is 0 Å². The van der Waals surface area contributed by atoms with Crippen LogP contribution in [0.2, 0.25) is 10.0 Å². The predicted molar refractivity (Wildman–Crippen MR) is 140 cm³/mol. The zero-order valence-corrected chi connectivity index (χ0v) is 21.8. The van der Waals surface area contributed by atoms with Gasteiger partial charge in [0.1, 0.15) is 34.0 Å². The second-order valence-corrected chi connectivity index (χ2v) is 9.64. The number of nitrogens with zero attached hydrogens (tertiary/aromatic N) is 4. The van der Waals surface area contributed by atoms with Crippen molar-refractivity contribution in [2.45, 2.75) is 20.3 Å². The van der Waals surface area contributed by atoms with Crippen LogP contribution in [0.25, 0.3) is 22.5 Å². The molecule has 0 radical (unpaired) electrons. The molecule has 1 saturated heterocycles. The molecular formula is C27H24Cl2N4O4. The van der Waals surface area contributed by atoms with Crippen molar-refractivity contribution in [3.05, 3.63) is 81.2 Å². The van der Waals surface area contributed by atoms with E-state index < -0.39 is 0 Å². The molecular weight excluding hydrogens is 515 g/mol. The van der Waals surface area contributed by atoms with Gasteiger partial charge >= 0.3 is 0 Å². The second kappa shape index (κ2) is 10.4. The Morgan fingerprint density at radius 3 is 1.51 bits per heavy atom. The highest BCUT2D eigenvalue weighted by Crippen LogP contribution is 2.33. The minimum Gasteiger partial charge on any atom is -0.360 e. The molecule has 5 rings (SSSR count). The molecule has 190 valence electrons. The Bertz CT molecular complexity index is 1370. The molecule has 0 N–H and O–H groups in total. The lowest BCUT2D eigenvalue weighted by Crippen LogP contribution is -2.37. The fraction of sp³-hybridized carbons (Fsp3) is 0.259. The van der Waals surface area contributed by atoms with Gasteiger partial charge in [0, 0.05) is 37.3 Å². The Morgan fingerprint density at radius 2 is 1.11 bits per heavy atom. The normalized spacial score (nSPS) is 14.1. The fourth-order valence-electron chi connectivity index (χ4n) is 4.56. The summed E-state index contributed by atoms with van der Waals surface area (Å²) in [5.41, 5.74) is 2.84. The Hall–Kier alpha value is -3.62. The van der Waals surface area contributed by atoms with E-state index in [-0.39, 0.29) is 11.8 Å². The Kier molecular flexibility index (Phi) is 7.04. The van der Waals surface area contributed by atoms with Crippen LogP contribution in [-0.4, -0.2) is 58.1 Å². The number of hydrogen-bond acceptors (Lipinski definition) is 6. The van der Waals surface area contributed by atoms with Crippen LogP contribution >= 0.6 is 23.2 Å². The molecule has 0 saturated carbocycles. The van der Waals surface area contributed by atoms with Gasteiger partial charge in [-0.3, -0.25) is 9.59 Å². The van der Waals surface area contributed by atoms with E-state index in [1.54, 1.807) is 47.9 Å². The molecule has 1 aliphatic rings. The minimum atomic E-state index is -0.208. The summed E-state index contributed by atoms with van der Waals surface area (Å²) < 4.78 is 10.8. The van der Waals surface area contributed by atoms with Crippen LogP contribution in [0, 0.1) is 13.8 Å². The van der Waals surface area contributed by atoms with E-state index >= 15 is 0 Å². The van der Waals surface area contributed by atoms with Crippen LogP contribution in [0.4, 0.5) is 0 Å². The molecule has 2 aromatic heterocycles. The van der Waals surface area contributed by atoms with Crippen molar-refractivity contribution in [3.63, 3.8) is 0 Å². The largest absolute Gasteiger partial charge is 0.360 e. The van der Waals surface area contributed by atoms with Gasteiger partial charge in [-0.05, 0) is 32.4 Å². The number of aryl methyl sites for hydroxylation is 2. The van der Waals surface area contributed by atoms with E-state index in [4.69, 9.17) is 32.2 Å². The van der Waals surface area contributed by atoms with Crippen molar-refractivity contribution in [1.29, 1.82) is 0 Å². The third-order valence-corrected chi connectivity index (χ3v) is 7.14. The number of amides is 2. The zero-order chi connectivity index (χ0) is 26.1. The molecule has 8 nitrogen and oxygen atoms in total. The summed E-state index contributed by atoms with van der Waals surface area (Å²) in [7, 11) is 0. The zero-order valence-electron chi connectivity index (χ0n) is 20.3. The van der Waals surface area contributed by atoms with Crippen LogP contribution in [0.1, 0.15) is 38.7 Å². The van der Waals surface area contributed by atoms with Gasteiger partial charge in [-0.25, -0.2) is 0 Å². The first-order valence-electron chi connectivity index (χ1n) is 11.9. The van der Waals surface area contributed by atoms with Crippen LogP contribution in [0.15, 0.2) is 57.6 Å². The van der Waals surface area contributed by atoms with Gasteiger partial charge in [-0.2, -0.15) is 0 Å². The first kappa shape index (κ1) is 25.0. The third kappa shape index (κ3) is 4.74. The topological polar surface area (TPSA) is 92.7 Å². The van der Waals surface area contributed by atoms with E-state index in [2.05, 4.69) is 10.3 Å². The summed E-state index contributed by atoms with van der Waals surface area (Å²) in [6, 6.07) is 14.4. The van der Waals surface area contributed by atoms with Crippen molar-refractivity contribution in [2.24, 2.45) is 0 Å². The van der Waals surface area contributed by atoms with Gasteiger partial charge in [-0.1, -0.05) is 69.9 Å². The second-order valence-electron chi connectivity index (χ2n) is 8.82. The Labute approximate surface area is 223 Å². The van der Waals surface area contributed by atoms with Gasteiger partial charge in [0.15, 0.2) is 0 Å². The lowest BCUT2D eigenvalue weighted by molar-refractivity contribution is 0.0717. The van der Waals surface area contributed by atoms with Gasteiger partial charge in [0.05, 0.1) is 10.0 Å². The summed E-state index contributed by atoms with van der Waals surface area (Å²) in [4.78, 5) is 30.7. The molecule has 2 amide bonds. The van der Waals surface area contributed by atoms with Crippen LogP contribution in [0.3, 0.4) is 0 Å². The highest BCUT2D eigenvalue weighted by molar-refractivity contribution is 6.33. The number of rotatable bonds is 4. The molecule has 37 heavy (non-hydrogen) atoms. The quantitative estimate of drug-likeness (QED) is 0.320. The number of hydrogen-bond donors (Lipinski definition) is 0. The first-order chi connectivity index (χ1) is 17.9. The molecule has 1 fully saturated rings. The summed E-state index contributed by atoms with van der Waals surface area (Å²) in [5, 5.41) is 9.20. The van der Waals surface area contributed by atoms with Crippen molar-refractivity contribution in [1.82, 2.24) is 20.1 Å². The summed E-state index contributed by atoms with van der Waals surface area (Å²) in [6.07, 6.45) is 0.606. The number of carbonyl (C=O) groups excluding carboxylic acids is 2. The molecule has 4 aromatic rings. The molecule has 0 unspecified atom stereocenters. The highest BCUT2D eigenvalue weighted by atomic mass is 35.5. The molecule has 1 aliphatic heterocycles. The van der Waals surface area contributed by atoms with Crippen LogP contribution in [-0.2, 0) is 0 Å². The van der Waals surface area contributed by atoms with Gasteiger partial charge < -0.3 is 18.8 Å². The predicted octanol–water partition coefficient (Wildman–Crippen LogP) is 5.91. The first-order valence-corrected chi connectivity index (χ1v) is 12.6. The van der Waals surface area contributed by atoms with Gasteiger partial charge in [0.25, 0.3) is 11.8 Å². The SMILES string of the molecule is Cc1onc(-c2ccccc2Cl)c1C(=O)N1CCCN(C(=O)c2c(-c3ccccc3Cl)noc2C)CC1. The van der Waals surface area contributed by atoms with Gasteiger partial charge in [0.2, 0.25) is 0 Å². The minimum absolute atomic E-state index is 0.208. The lowest BCUT2D eigenvalue weighted by atomic mass is 10.0. The maximum Gasteiger partial charge on any atom is 0.259 e. The fourth-order valence-corrected chi connectivity index (χ4v) is 5.01. The van der Waals surface area contributed by atoms with Crippen molar-refractivity contribution < 1.29 is 18.6 Å². The Morgan fingerprint density at radius 1 is 0.703 bits per heavy atom. The van der Waals surface area contributed by atoms with Crippen molar-refractivity contribution in [2.75, 3.05) is 26.2 Å². The average molecular weight is 539 g/mol. The summed E-state index contributed by atoms with van der Waals surface area (Å²) in [6.45, 7) is 5.08. The standard InChI is InChI=1S/C27H24Cl2N4O4/c1-16-22(24(30-36-16)18-8-3-5-10-20(18)28)26(34)32-12-7-13-33(15-14-32)27(35)23-17(2)37-31-25(23)19-9-4-6-11-21(19)29/h3-6,8-11H,7,12-15H2,1-2H3. The molecule has 3 heterocycles. The van der Waals surface area contributed by atoms with Crippen LogP contribution in [0.5, 0.6) is 0 Å². The van der Waals surface area contributed by atoms with Crippen molar-refractivity contribution >= 4 is 35.0 Å². The summed E-state index contributed by atoms with van der Waals surface area (Å²) in [5.74, 6) is 0.421. The molecule has 2 aromatic carbocycles. The molecule has 0 bridgehead atoms. The number of carbonyl (C=O) groups is 2. The van der Waals surface area contributed by atoms with Crippen molar-refractivity contribution in [3.8, 4) is 22.5 Å². The smallest absolute Gasteiger partial charge is 0.259 e. The van der Waals surface area contributed by atoms with E-state index in [0.29, 0.717) is 87.8 Å². The van der Waals surface area contributed by atoms with E-state index in [1.165, 1.54) is 0 Å². The highest BCUT2D eigenvalue weighted by Gasteiger charge is 2.31. The lowest BCUT2D eigenvalue weighted by Gasteiger charge is -2.22. The van der Waals surface area contributed by atoms with E-state index in [1.807, 2.05) is 24.3 Å². The molecule has 10 heteroatoms. The maximum absolute atomic E-state index is 13.6. The third-order valence-electron chi connectivity index (χ3n) is 6.48. The number of halogens is 2. The van der Waals surface area contributed by atoms with Crippen LogP contribution < -0.4 is 0 Å². The average Bonchev–Trinajstić information content (AvgIpc) is 3.36. The summed E-state index contributed by atoms with van der Waals surface area (Å²) >= 11 is 12.7. The van der Waals surface area contributed by atoms with E-state index in [9.17, 15) is 9.59 Å². The molecule has 0 atom stereocenters. The maximum atomic E-state index is 13.6. The van der Waals surface area contributed by atoms with Gasteiger partial charge in [-0.15, -0.1) is 0 Å². The number of aromatic nitrogens is 2. The molecule has 0 spiro atoms. The molecule has 0 aliphatic carbocycles.